The summed E-state index contributed by atoms with van der Waals surface area (Å²) in [6.45, 7) is 5.57. The van der Waals surface area contributed by atoms with Crippen molar-refractivity contribution in [2.24, 2.45) is 5.92 Å². The van der Waals surface area contributed by atoms with Crippen molar-refractivity contribution in [2.75, 3.05) is 44.3 Å². The van der Waals surface area contributed by atoms with Crippen LogP contribution >= 0.6 is 11.6 Å². The monoisotopic (exact) mass is 517 g/mol. The Morgan fingerprint density at radius 3 is 2.61 bits per heavy atom. The van der Waals surface area contributed by atoms with E-state index in [1.165, 1.54) is 0 Å². The van der Waals surface area contributed by atoms with Gasteiger partial charge in [0.15, 0.2) is 0 Å². The van der Waals surface area contributed by atoms with Crippen molar-refractivity contribution in [3.8, 4) is 0 Å². The van der Waals surface area contributed by atoms with Crippen molar-refractivity contribution in [1.29, 1.82) is 0 Å². The van der Waals surface area contributed by atoms with E-state index >= 15 is 0 Å². The lowest BCUT2D eigenvalue weighted by molar-refractivity contribution is -0.134. The molecule has 3 saturated heterocycles. The first-order valence-corrected chi connectivity index (χ1v) is 13.5. The zero-order valence-corrected chi connectivity index (χ0v) is 21.6. The highest BCUT2D eigenvalue weighted by Gasteiger charge is 2.38. The van der Waals surface area contributed by atoms with Gasteiger partial charge in [-0.2, -0.15) is 0 Å². The van der Waals surface area contributed by atoms with Crippen LogP contribution in [0.5, 0.6) is 0 Å². The van der Waals surface area contributed by atoms with Crippen molar-refractivity contribution in [1.82, 2.24) is 20.9 Å². The molecule has 0 aromatic heterocycles. The number of nitrogens with one attached hydrogen (secondary N) is 3. The van der Waals surface area contributed by atoms with Crippen molar-refractivity contribution in [2.45, 2.75) is 63.2 Å². The van der Waals surface area contributed by atoms with Gasteiger partial charge in [-0.15, -0.1) is 0 Å². The van der Waals surface area contributed by atoms with Gasteiger partial charge in [0.05, 0.1) is 41.5 Å². The molecule has 3 atom stereocenters. The smallest absolute Gasteiger partial charge is 0.251 e. The highest BCUT2D eigenvalue weighted by Crippen LogP contribution is 2.29. The Morgan fingerprint density at radius 2 is 1.92 bits per heavy atom. The number of hydrogen-bond donors (Lipinski definition) is 3. The molecule has 10 heteroatoms. The van der Waals surface area contributed by atoms with Crippen LogP contribution in [0.3, 0.4) is 0 Å². The fourth-order valence-corrected chi connectivity index (χ4v) is 6.03. The predicted octanol–water partition coefficient (Wildman–Crippen LogP) is 1.89. The van der Waals surface area contributed by atoms with Gasteiger partial charge in [0.2, 0.25) is 11.8 Å². The molecule has 196 valence electrons. The number of carbonyl (C=O) groups excluding carboxylic acids is 3. The average molecular weight is 518 g/mol. The Labute approximate surface area is 217 Å². The summed E-state index contributed by atoms with van der Waals surface area (Å²) in [4.78, 5) is 41.9. The topological polar surface area (TPSA) is 103 Å². The summed E-state index contributed by atoms with van der Waals surface area (Å²) < 4.78 is 5.20. The van der Waals surface area contributed by atoms with Gasteiger partial charge < -0.3 is 25.2 Å². The summed E-state index contributed by atoms with van der Waals surface area (Å²) in [5, 5.41) is 10.1. The van der Waals surface area contributed by atoms with Gasteiger partial charge in [-0.3, -0.25) is 19.7 Å². The number of fused-ring (bicyclic) bond motifs is 1. The molecule has 3 N–H and O–H groups in total. The van der Waals surface area contributed by atoms with Gasteiger partial charge in [0.25, 0.3) is 5.91 Å². The second-order valence-corrected chi connectivity index (χ2v) is 11.2. The van der Waals surface area contributed by atoms with Crippen molar-refractivity contribution < 1.29 is 19.1 Å². The lowest BCUT2D eigenvalue weighted by Crippen LogP contribution is -2.62. The normalized spacial score (nSPS) is 27.5. The quantitative estimate of drug-likeness (QED) is 0.532. The van der Waals surface area contributed by atoms with E-state index in [1.54, 1.807) is 12.1 Å². The lowest BCUT2D eigenvalue weighted by Gasteiger charge is -2.40. The van der Waals surface area contributed by atoms with E-state index in [0.29, 0.717) is 62.8 Å². The molecule has 4 fully saturated rings. The highest BCUT2D eigenvalue weighted by atomic mass is 35.5. The van der Waals surface area contributed by atoms with Crippen molar-refractivity contribution in [3.63, 3.8) is 0 Å². The third kappa shape index (κ3) is 5.48. The maximum absolute atomic E-state index is 12.9. The molecule has 0 radical (unpaired) electrons. The fourth-order valence-electron chi connectivity index (χ4n) is 5.73. The van der Waals surface area contributed by atoms with E-state index < -0.39 is 0 Å². The first-order valence-electron chi connectivity index (χ1n) is 13.1. The standard InChI is InChI=1S/C26H36ClN5O4/c1-26(15-36-16-26)30-24(34)17-6-7-21(19(27)14-17)31-10-12-32(13-11-31)23(33)9-8-22-28-20-5-3-2-4-18(20)25(35)29-22/h6-7,14,18,20,22,28H,2-5,8-13,15-16H2,1H3,(H,29,35)(H,30,34). The van der Waals surface area contributed by atoms with Crippen molar-refractivity contribution >= 4 is 35.0 Å². The number of halogens is 1. The molecule has 3 aliphatic heterocycles. The molecule has 1 aliphatic carbocycles. The maximum atomic E-state index is 12.9. The largest absolute Gasteiger partial charge is 0.376 e. The van der Waals surface area contributed by atoms with Crippen LogP contribution < -0.4 is 20.9 Å². The first kappa shape index (κ1) is 25.3. The number of ether oxygens (including phenoxy) is 1. The van der Waals surface area contributed by atoms with Crippen LogP contribution in [0.25, 0.3) is 0 Å². The summed E-state index contributed by atoms with van der Waals surface area (Å²) in [6.07, 6.45) is 5.15. The minimum absolute atomic E-state index is 0.0784. The van der Waals surface area contributed by atoms with E-state index in [9.17, 15) is 14.4 Å². The van der Waals surface area contributed by atoms with Gasteiger partial charge in [0, 0.05) is 44.2 Å². The molecule has 36 heavy (non-hydrogen) atoms. The Hall–Kier alpha value is -2.36. The van der Waals surface area contributed by atoms with E-state index in [0.717, 1.165) is 31.4 Å². The molecule has 3 heterocycles. The number of carbonyl (C=O) groups is 3. The molecule has 1 aromatic carbocycles. The van der Waals surface area contributed by atoms with Gasteiger partial charge in [-0.25, -0.2) is 0 Å². The predicted molar refractivity (Wildman–Crippen MR) is 137 cm³/mol. The summed E-state index contributed by atoms with van der Waals surface area (Å²) in [7, 11) is 0. The van der Waals surface area contributed by atoms with Crippen LogP contribution in [0.2, 0.25) is 5.02 Å². The number of benzene rings is 1. The van der Waals surface area contributed by atoms with E-state index in [-0.39, 0.29) is 41.4 Å². The third-order valence-corrected chi connectivity index (χ3v) is 8.22. The highest BCUT2D eigenvalue weighted by molar-refractivity contribution is 6.33. The molecule has 5 rings (SSSR count). The number of anilines is 1. The summed E-state index contributed by atoms with van der Waals surface area (Å²) in [5.41, 5.74) is 1.07. The second kappa shape index (κ2) is 10.6. The molecule has 4 aliphatic rings. The second-order valence-electron chi connectivity index (χ2n) is 10.8. The molecule has 1 aromatic rings. The van der Waals surface area contributed by atoms with Crippen molar-refractivity contribution in [3.05, 3.63) is 28.8 Å². The van der Waals surface area contributed by atoms with Gasteiger partial charge >= 0.3 is 0 Å². The van der Waals surface area contributed by atoms with Gasteiger partial charge in [0.1, 0.15) is 0 Å². The van der Waals surface area contributed by atoms with E-state index in [4.69, 9.17) is 16.3 Å². The van der Waals surface area contributed by atoms with Gasteiger partial charge in [-0.05, 0) is 44.4 Å². The molecule has 0 spiro atoms. The Bertz CT molecular complexity index is 1010. The Balaban J connectivity index is 1.09. The molecule has 1 saturated carbocycles. The van der Waals surface area contributed by atoms with Gasteiger partial charge in [-0.1, -0.05) is 24.4 Å². The molecule has 3 amide bonds. The number of nitrogens with zero attached hydrogens (tertiary/aromatic N) is 2. The Kier molecular flexibility index (Phi) is 7.42. The molecule has 3 unspecified atom stereocenters. The molecule has 0 bridgehead atoms. The lowest BCUT2D eigenvalue weighted by atomic mass is 9.82. The molecular formula is C26H36ClN5O4. The number of hydrogen-bond acceptors (Lipinski definition) is 6. The maximum Gasteiger partial charge on any atom is 0.251 e. The average Bonchev–Trinajstić information content (AvgIpc) is 2.86. The van der Waals surface area contributed by atoms with Crippen LogP contribution in [0, 0.1) is 5.92 Å². The summed E-state index contributed by atoms with van der Waals surface area (Å²) in [6, 6.07) is 5.62. The number of piperazine rings is 1. The molecule has 9 nitrogen and oxygen atoms in total. The zero-order valence-electron chi connectivity index (χ0n) is 20.9. The van der Waals surface area contributed by atoms with Crippen LogP contribution in [0.15, 0.2) is 18.2 Å². The fraction of sp³-hybridized carbons (Fsp3) is 0.654. The Morgan fingerprint density at radius 1 is 1.17 bits per heavy atom. The van der Waals surface area contributed by atoms with Crippen LogP contribution in [-0.4, -0.2) is 79.8 Å². The van der Waals surface area contributed by atoms with E-state index in [2.05, 4.69) is 20.9 Å². The summed E-state index contributed by atoms with van der Waals surface area (Å²) >= 11 is 6.55. The minimum Gasteiger partial charge on any atom is -0.376 e. The molecular weight excluding hydrogens is 482 g/mol. The first-order chi connectivity index (χ1) is 17.3. The third-order valence-electron chi connectivity index (χ3n) is 7.92. The zero-order chi connectivity index (χ0) is 25.3. The summed E-state index contributed by atoms with van der Waals surface area (Å²) in [5.74, 6) is 0.168. The van der Waals surface area contributed by atoms with Crippen LogP contribution in [-0.2, 0) is 14.3 Å². The van der Waals surface area contributed by atoms with Crippen LogP contribution in [0.4, 0.5) is 5.69 Å². The van der Waals surface area contributed by atoms with Crippen LogP contribution in [0.1, 0.15) is 55.8 Å². The SMILES string of the molecule is CC1(NC(=O)c2ccc(N3CCN(C(=O)CCC4NC(=O)C5CCCCC5N4)CC3)c(Cl)c2)COC1. The van der Waals surface area contributed by atoms with E-state index in [1.807, 2.05) is 17.9 Å². The minimum atomic E-state index is -0.317. The number of amides is 3. The number of rotatable bonds is 6.